The number of esters is 1. The Kier molecular flexibility index (Phi) is 5.41. The van der Waals surface area contributed by atoms with Crippen molar-refractivity contribution in [2.45, 2.75) is 52.7 Å². The summed E-state index contributed by atoms with van der Waals surface area (Å²) in [6.07, 6.45) is 5.16. The highest BCUT2D eigenvalue weighted by atomic mass is 16.5. The Morgan fingerprint density at radius 2 is 1.76 bits per heavy atom. The summed E-state index contributed by atoms with van der Waals surface area (Å²) in [5.41, 5.74) is 6.18. The first-order valence-corrected chi connectivity index (χ1v) is 10.4. The molecule has 4 rings (SSSR count). The molecule has 1 aliphatic heterocycles. The Hall–Kier alpha value is -2.66. The van der Waals surface area contributed by atoms with Gasteiger partial charge in [0.2, 0.25) is 0 Å². The molecule has 29 heavy (non-hydrogen) atoms. The van der Waals surface area contributed by atoms with Crippen LogP contribution in [0.25, 0.3) is 10.9 Å². The van der Waals surface area contributed by atoms with Crippen LogP contribution in [0.1, 0.15) is 59.6 Å². The first kappa shape index (κ1) is 19.6. The molecule has 1 N–H and O–H groups in total. The van der Waals surface area contributed by atoms with Gasteiger partial charge in [-0.25, -0.2) is 4.79 Å². The predicted octanol–water partition coefficient (Wildman–Crippen LogP) is 4.60. The number of nitrogens with one attached hydrogen (secondary N) is 1. The number of nitrogens with zero attached hydrogens (tertiary/aromatic N) is 2. The molecule has 2 aromatic heterocycles. The van der Waals surface area contributed by atoms with Gasteiger partial charge in [-0.1, -0.05) is 0 Å². The van der Waals surface area contributed by atoms with Crippen LogP contribution in [-0.2, 0) is 17.6 Å². The average Bonchev–Trinajstić information content (AvgIpc) is 2.87. The van der Waals surface area contributed by atoms with Crippen molar-refractivity contribution < 1.29 is 9.53 Å². The number of H-pyrrole nitrogens is 1. The maximum atomic E-state index is 13.0. The van der Waals surface area contributed by atoms with Gasteiger partial charge in [0.05, 0.1) is 5.56 Å². The lowest BCUT2D eigenvalue weighted by Crippen LogP contribution is -2.32. The second-order valence-corrected chi connectivity index (χ2v) is 8.25. The van der Waals surface area contributed by atoms with Crippen LogP contribution in [0, 0.1) is 6.92 Å². The van der Waals surface area contributed by atoms with Gasteiger partial charge in [0.25, 0.3) is 0 Å². The third kappa shape index (κ3) is 3.92. The van der Waals surface area contributed by atoms with E-state index in [1.807, 2.05) is 26.0 Å². The molecule has 0 amide bonds. The number of rotatable bonds is 4. The van der Waals surface area contributed by atoms with Gasteiger partial charge in [-0.2, -0.15) is 0 Å². The fourth-order valence-corrected chi connectivity index (χ4v) is 4.27. The van der Waals surface area contributed by atoms with Crippen molar-refractivity contribution in [2.24, 2.45) is 0 Å². The Bertz CT molecular complexity index is 1020. The topological polar surface area (TPSA) is 58.2 Å². The quantitative estimate of drug-likeness (QED) is 0.661. The molecule has 152 valence electrons. The van der Waals surface area contributed by atoms with E-state index in [0.29, 0.717) is 11.6 Å². The van der Waals surface area contributed by atoms with Crippen molar-refractivity contribution in [2.75, 3.05) is 13.1 Å². The van der Waals surface area contributed by atoms with E-state index >= 15 is 0 Å². The van der Waals surface area contributed by atoms with Gasteiger partial charge in [-0.15, -0.1) is 0 Å². The number of benzene rings is 1. The van der Waals surface area contributed by atoms with Crippen molar-refractivity contribution in [3.05, 3.63) is 64.6 Å². The monoisotopic (exact) mass is 391 g/mol. The Morgan fingerprint density at radius 1 is 1.10 bits per heavy atom. The minimum absolute atomic E-state index is 0.282. The van der Waals surface area contributed by atoms with Crippen LogP contribution in [0.4, 0.5) is 0 Å². The average molecular weight is 392 g/mol. The van der Waals surface area contributed by atoms with Crippen LogP contribution < -0.4 is 0 Å². The Morgan fingerprint density at radius 3 is 2.41 bits per heavy atom. The van der Waals surface area contributed by atoms with Gasteiger partial charge in [0.15, 0.2) is 0 Å². The zero-order valence-electron chi connectivity index (χ0n) is 17.7. The third-order valence-electron chi connectivity index (χ3n) is 6.04. The number of hydrogen-bond acceptors (Lipinski definition) is 4. The van der Waals surface area contributed by atoms with Crippen molar-refractivity contribution in [1.82, 2.24) is 14.9 Å². The van der Waals surface area contributed by atoms with Crippen molar-refractivity contribution in [3.8, 4) is 0 Å². The van der Waals surface area contributed by atoms with Crippen molar-refractivity contribution >= 4 is 16.9 Å². The van der Waals surface area contributed by atoms with E-state index in [-0.39, 0.29) is 12.1 Å². The summed E-state index contributed by atoms with van der Waals surface area (Å²) in [7, 11) is 0. The molecule has 0 saturated carbocycles. The zero-order valence-corrected chi connectivity index (χ0v) is 17.7. The molecule has 1 atom stereocenters. The molecule has 5 heteroatoms. The molecule has 1 aliphatic rings. The van der Waals surface area contributed by atoms with Gasteiger partial charge >= 0.3 is 5.97 Å². The smallest absolute Gasteiger partial charge is 0.341 e. The standard InChI is InChI=1S/C24H29N3O2/c1-15(2)27-11-7-19-13-21-22(14-20(19)8-12-27)26-16(3)23(21)24(28)29-17(4)18-5-9-25-10-6-18/h5-6,9-10,13-15,17,26H,7-8,11-12H2,1-4H3/t17-/m0/s1. The van der Waals surface area contributed by atoms with Crippen LogP contribution in [0.5, 0.6) is 0 Å². The minimum Gasteiger partial charge on any atom is -0.454 e. The lowest BCUT2D eigenvalue weighted by atomic mass is 9.99. The molecular weight excluding hydrogens is 362 g/mol. The predicted molar refractivity (Wildman–Crippen MR) is 115 cm³/mol. The molecule has 0 unspecified atom stereocenters. The summed E-state index contributed by atoms with van der Waals surface area (Å²) in [4.78, 5) is 23.0. The normalized spacial score (nSPS) is 15.9. The molecule has 0 aliphatic carbocycles. The van der Waals surface area contributed by atoms with E-state index in [1.54, 1.807) is 12.4 Å². The summed E-state index contributed by atoms with van der Waals surface area (Å²) in [6, 6.07) is 8.73. The molecule has 0 bridgehead atoms. The van der Waals surface area contributed by atoms with Crippen LogP contribution in [-0.4, -0.2) is 40.0 Å². The molecule has 3 aromatic rings. The largest absolute Gasteiger partial charge is 0.454 e. The molecule has 5 nitrogen and oxygen atoms in total. The highest BCUT2D eigenvalue weighted by Gasteiger charge is 2.23. The molecule has 0 spiro atoms. The number of carbonyl (C=O) groups is 1. The van der Waals surface area contributed by atoms with E-state index in [9.17, 15) is 4.79 Å². The highest BCUT2D eigenvalue weighted by Crippen LogP contribution is 2.30. The number of carbonyl (C=O) groups excluding carboxylic acids is 1. The van der Waals surface area contributed by atoms with Crippen molar-refractivity contribution in [3.63, 3.8) is 0 Å². The van der Waals surface area contributed by atoms with E-state index in [4.69, 9.17) is 4.74 Å². The number of aryl methyl sites for hydroxylation is 1. The Labute approximate surface area is 172 Å². The fourth-order valence-electron chi connectivity index (χ4n) is 4.27. The first-order chi connectivity index (χ1) is 13.9. The third-order valence-corrected chi connectivity index (χ3v) is 6.04. The van der Waals surface area contributed by atoms with Crippen molar-refractivity contribution in [1.29, 1.82) is 0 Å². The molecule has 0 radical (unpaired) electrons. The van der Waals surface area contributed by atoms with E-state index in [2.05, 4.69) is 40.8 Å². The highest BCUT2D eigenvalue weighted by molar-refractivity contribution is 6.06. The van der Waals surface area contributed by atoms with Gasteiger partial charge in [-0.05, 0) is 81.5 Å². The maximum absolute atomic E-state index is 13.0. The molecule has 0 saturated heterocycles. The zero-order chi connectivity index (χ0) is 20.5. The number of fused-ring (bicyclic) bond motifs is 2. The van der Waals surface area contributed by atoms with Crippen LogP contribution >= 0.6 is 0 Å². The molecular formula is C24H29N3O2. The van der Waals surface area contributed by atoms with Gasteiger partial charge in [0, 0.05) is 48.1 Å². The number of ether oxygens (including phenoxy) is 1. The maximum Gasteiger partial charge on any atom is 0.341 e. The second kappa shape index (κ2) is 7.99. The summed E-state index contributed by atoms with van der Waals surface area (Å²) in [6.45, 7) is 10.5. The minimum atomic E-state index is -0.324. The molecule has 0 fully saturated rings. The summed E-state index contributed by atoms with van der Waals surface area (Å²) >= 11 is 0. The van der Waals surface area contributed by atoms with Gasteiger partial charge < -0.3 is 14.6 Å². The van der Waals surface area contributed by atoms with Crippen LogP contribution in [0.15, 0.2) is 36.7 Å². The van der Waals surface area contributed by atoms with E-state index in [0.717, 1.165) is 48.1 Å². The van der Waals surface area contributed by atoms with Crippen LogP contribution in [0.3, 0.4) is 0 Å². The lowest BCUT2D eigenvalue weighted by Gasteiger charge is -2.23. The van der Waals surface area contributed by atoms with Gasteiger partial charge in [0.1, 0.15) is 6.10 Å². The number of hydrogen-bond donors (Lipinski definition) is 1. The summed E-state index contributed by atoms with van der Waals surface area (Å²) < 4.78 is 5.79. The number of pyridine rings is 1. The van der Waals surface area contributed by atoms with E-state index < -0.39 is 0 Å². The number of aromatic nitrogens is 2. The van der Waals surface area contributed by atoms with Crippen LogP contribution in [0.2, 0.25) is 0 Å². The summed E-state index contributed by atoms with van der Waals surface area (Å²) in [5, 5.41) is 0.964. The SMILES string of the molecule is Cc1[nH]c2cc3c(cc2c1C(=O)O[C@@H](C)c1ccncc1)CCN(C(C)C)CC3. The van der Waals surface area contributed by atoms with E-state index in [1.165, 1.54) is 11.1 Å². The summed E-state index contributed by atoms with van der Waals surface area (Å²) in [5.74, 6) is -0.282. The first-order valence-electron chi connectivity index (χ1n) is 10.4. The number of aromatic amines is 1. The lowest BCUT2D eigenvalue weighted by molar-refractivity contribution is 0.0339. The molecule has 1 aromatic carbocycles. The second-order valence-electron chi connectivity index (χ2n) is 8.25. The fraction of sp³-hybridized carbons (Fsp3) is 0.417. The molecule has 3 heterocycles. The van der Waals surface area contributed by atoms with Gasteiger partial charge in [-0.3, -0.25) is 4.98 Å². The Balaban J connectivity index is 1.64.